The first kappa shape index (κ1) is 22.3. The summed E-state index contributed by atoms with van der Waals surface area (Å²) in [6.07, 6.45) is 9.98. The number of nitrogens with zero attached hydrogens (tertiary/aromatic N) is 5. The van der Waals surface area contributed by atoms with E-state index in [0.717, 1.165) is 53.8 Å². The van der Waals surface area contributed by atoms with E-state index < -0.39 is 5.95 Å². The molecule has 1 saturated heterocycles. The average molecular weight is 468 g/mol. The van der Waals surface area contributed by atoms with E-state index in [1.807, 2.05) is 30.1 Å². The normalized spacial score (nSPS) is 22.5. The fourth-order valence-electron chi connectivity index (χ4n) is 5.00. The van der Waals surface area contributed by atoms with Crippen molar-refractivity contribution < 1.29 is 4.39 Å². The molecule has 0 unspecified atom stereocenters. The van der Waals surface area contributed by atoms with Gasteiger partial charge in [-0.15, -0.1) is 0 Å². The Morgan fingerprint density at radius 3 is 2.52 bits per heavy atom. The number of pyridine rings is 1. The van der Waals surface area contributed by atoms with E-state index in [4.69, 9.17) is 5.73 Å². The number of halogens is 1. The van der Waals surface area contributed by atoms with Gasteiger partial charge in [-0.3, -0.25) is 4.90 Å². The summed E-state index contributed by atoms with van der Waals surface area (Å²) >= 11 is 1.86. The van der Waals surface area contributed by atoms with Crippen LogP contribution in [-0.4, -0.2) is 68.7 Å². The average Bonchev–Trinajstić information content (AvgIpc) is 2.86. The van der Waals surface area contributed by atoms with E-state index in [0.29, 0.717) is 12.1 Å². The summed E-state index contributed by atoms with van der Waals surface area (Å²) in [4.78, 5) is 15.4. The molecule has 174 valence electrons. The second-order valence-corrected chi connectivity index (χ2v) is 9.74. The molecule has 1 saturated carbocycles. The number of fused-ring (bicyclic) bond motifs is 1. The number of nitrogens with two attached hydrogens (primary N) is 1. The Bertz CT molecular complexity index is 1110. The minimum absolute atomic E-state index is 0.0434. The number of hydrogen-bond donors (Lipinski definition) is 2. The van der Waals surface area contributed by atoms with Gasteiger partial charge in [0.2, 0.25) is 5.95 Å². The molecule has 3 heterocycles. The van der Waals surface area contributed by atoms with Crippen molar-refractivity contribution in [2.45, 2.75) is 37.8 Å². The lowest BCUT2D eigenvalue weighted by molar-refractivity contribution is 0.112. The van der Waals surface area contributed by atoms with Gasteiger partial charge in [-0.05, 0) is 55.7 Å². The van der Waals surface area contributed by atoms with E-state index >= 15 is 0 Å². The Balaban J connectivity index is 1.28. The van der Waals surface area contributed by atoms with Gasteiger partial charge >= 0.3 is 0 Å². The number of hydrogen-bond acceptors (Lipinski definition) is 8. The second kappa shape index (κ2) is 9.79. The molecule has 2 aliphatic rings. The van der Waals surface area contributed by atoms with Gasteiger partial charge in [0.25, 0.3) is 0 Å². The predicted molar refractivity (Wildman–Crippen MR) is 133 cm³/mol. The highest BCUT2D eigenvalue weighted by atomic mass is 32.2. The van der Waals surface area contributed by atoms with Crippen LogP contribution in [0.4, 0.5) is 15.9 Å². The Hall–Kier alpha value is -2.49. The van der Waals surface area contributed by atoms with Crippen LogP contribution in [-0.2, 0) is 0 Å². The first-order valence-electron chi connectivity index (χ1n) is 11.6. The van der Waals surface area contributed by atoms with Crippen molar-refractivity contribution in [1.82, 2.24) is 24.2 Å². The molecule has 33 heavy (non-hydrogen) atoms. The van der Waals surface area contributed by atoms with Gasteiger partial charge in [-0.2, -0.15) is 4.39 Å². The maximum atomic E-state index is 13.5. The summed E-state index contributed by atoms with van der Waals surface area (Å²) in [5, 5.41) is 4.63. The van der Waals surface area contributed by atoms with E-state index in [-0.39, 0.29) is 5.69 Å². The SMILES string of the molecule is CSN1CCN(C2CCC(Nc3ncnc4ccc(-c5cnc(F)c(N)c5)cc34)CC2)CC1. The highest BCUT2D eigenvalue weighted by Crippen LogP contribution is 2.31. The third-order valence-electron chi connectivity index (χ3n) is 6.92. The van der Waals surface area contributed by atoms with Gasteiger partial charge in [0.15, 0.2) is 0 Å². The summed E-state index contributed by atoms with van der Waals surface area (Å²) in [5.41, 5.74) is 8.32. The van der Waals surface area contributed by atoms with E-state index in [2.05, 4.69) is 35.7 Å². The van der Waals surface area contributed by atoms with Gasteiger partial charge in [0, 0.05) is 55.4 Å². The summed E-state index contributed by atoms with van der Waals surface area (Å²) in [6.45, 7) is 4.66. The zero-order valence-corrected chi connectivity index (χ0v) is 19.7. The van der Waals surface area contributed by atoms with E-state index in [9.17, 15) is 4.39 Å². The van der Waals surface area contributed by atoms with Crippen molar-refractivity contribution >= 4 is 34.4 Å². The number of rotatable bonds is 5. The largest absolute Gasteiger partial charge is 0.395 e. The van der Waals surface area contributed by atoms with Gasteiger partial charge in [0.1, 0.15) is 12.1 Å². The molecule has 0 atom stereocenters. The van der Waals surface area contributed by atoms with Gasteiger partial charge in [-0.25, -0.2) is 19.3 Å². The summed E-state index contributed by atoms with van der Waals surface area (Å²) in [7, 11) is 0. The minimum Gasteiger partial charge on any atom is -0.395 e. The zero-order valence-electron chi connectivity index (χ0n) is 18.9. The van der Waals surface area contributed by atoms with Crippen LogP contribution in [0.25, 0.3) is 22.0 Å². The molecule has 3 aromatic rings. The molecule has 0 radical (unpaired) electrons. The van der Waals surface area contributed by atoms with Crippen LogP contribution in [0.2, 0.25) is 0 Å². The molecule has 0 bridgehead atoms. The van der Waals surface area contributed by atoms with Crippen molar-refractivity contribution in [2.24, 2.45) is 0 Å². The van der Waals surface area contributed by atoms with Crippen LogP contribution < -0.4 is 11.1 Å². The van der Waals surface area contributed by atoms with Gasteiger partial charge in [-0.1, -0.05) is 18.0 Å². The molecular weight excluding hydrogens is 437 g/mol. The molecule has 2 aromatic heterocycles. The Morgan fingerprint density at radius 2 is 1.79 bits per heavy atom. The Morgan fingerprint density at radius 1 is 1.00 bits per heavy atom. The van der Waals surface area contributed by atoms with E-state index in [1.54, 1.807) is 12.4 Å². The number of aromatic nitrogens is 3. The number of anilines is 2. The van der Waals surface area contributed by atoms with Crippen molar-refractivity contribution in [3.05, 3.63) is 42.7 Å². The molecule has 1 aliphatic heterocycles. The summed E-state index contributed by atoms with van der Waals surface area (Å²) in [5.74, 6) is 0.203. The molecule has 9 heteroatoms. The molecule has 0 spiro atoms. The zero-order chi connectivity index (χ0) is 22.8. The van der Waals surface area contributed by atoms with Crippen LogP contribution in [0.15, 0.2) is 36.8 Å². The predicted octanol–water partition coefficient (Wildman–Crippen LogP) is 4.03. The van der Waals surface area contributed by atoms with Crippen molar-refractivity contribution in [3.8, 4) is 11.1 Å². The highest BCUT2D eigenvalue weighted by molar-refractivity contribution is 7.96. The number of nitrogens with one attached hydrogen (secondary N) is 1. The summed E-state index contributed by atoms with van der Waals surface area (Å²) in [6, 6.07) is 8.65. The van der Waals surface area contributed by atoms with Crippen molar-refractivity contribution in [1.29, 1.82) is 0 Å². The third-order valence-corrected chi connectivity index (χ3v) is 7.80. The third kappa shape index (κ3) is 4.90. The first-order valence-corrected chi connectivity index (χ1v) is 12.7. The standard InChI is InChI=1S/C24H30FN7S/c1-33-32-10-8-31(9-11-32)19-5-3-18(4-6-19)30-24-20-12-16(2-7-22(20)28-15-29-24)17-13-21(26)23(25)27-14-17/h2,7,12-15,18-19H,3-6,8-11,26H2,1H3,(H,28,29,30). The molecule has 7 nitrogen and oxygen atoms in total. The van der Waals surface area contributed by atoms with Crippen molar-refractivity contribution in [3.63, 3.8) is 0 Å². The molecule has 1 aliphatic carbocycles. The Kier molecular flexibility index (Phi) is 6.62. The molecule has 3 N–H and O–H groups in total. The molecule has 5 rings (SSSR count). The van der Waals surface area contributed by atoms with Crippen LogP contribution in [0.5, 0.6) is 0 Å². The number of nitrogen functional groups attached to an aromatic ring is 1. The smallest absolute Gasteiger partial charge is 0.236 e. The highest BCUT2D eigenvalue weighted by Gasteiger charge is 2.28. The number of piperazine rings is 1. The van der Waals surface area contributed by atoms with Gasteiger partial charge in [0.05, 0.1) is 11.2 Å². The van der Waals surface area contributed by atoms with E-state index in [1.165, 1.54) is 32.1 Å². The topological polar surface area (TPSA) is 83.2 Å². The summed E-state index contributed by atoms with van der Waals surface area (Å²) < 4.78 is 16.0. The van der Waals surface area contributed by atoms with Crippen LogP contribution in [0.3, 0.4) is 0 Å². The lowest BCUT2D eigenvalue weighted by Crippen LogP contribution is -2.49. The molecule has 1 aromatic carbocycles. The maximum Gasteiger partial charge on any atom is 0.236 e. The first-order chi connectivity index (χ1) is 16.1. The van der Waals surface area contributed by atoms with Crippen molar-refractivity contribution in [2.75, 3.05) is 43.5 Å². The second-order valence-electron chi connectivity index (χ2n) is 8.86. The fourth-order valence-corrected chi connectivity index (χ4v) is 5.53. The molecule has 0 amide bonds. The van der Waals surface area contributed by atoms with Gasteiger partial charge < -0.3 is 11.1 Å². The fraction of sp³-hybridized carbons (Fsp3) is 0.458. The van der Waals surface area contributed by atoms with Crippen LogP contribution in [0.1, 0.15) is 25.7 Å². The number of benzene rings is 1. The lowest BCUT2D eigenvalue weighted by atomic mass is 9.89. The van der Waals surface area contributed by atoms with Crippen LogP contribution in [0, 0.1) is 5.95 Å². The Labute approximate surface area is 198 Å². The lowest BCUT2D eigenvalue weighted by Gasteiger charge is -2.41. The minimum atomic E-state index is -0.646. The monoisotopic (exact) mass is 467 g/mol. The quantitative estimate of drug-likeness (QED) is 0.430. The molecule has 2 fully saturated rings. The maximum absolute atomic E-state index is 13.5. The van der Waals surface area contributed by atoms with Crippen LogP contribution >= 0.6 is 11.9 Å². The molecular formula is C24H30FN7S.